The normalized spacial score (nSPS) is 25.8. The van der Waals surface area contributed by atoms with Crippen LogP contribution in [0, 0.1) is 0 Å². The van der Waals surface area contributed by atoms with Gasteiger partial charge in [-0.2, -0.15) is 10.1 Å². The highest BCUT2D eigenvalue weighted by molar-refractivity contribution is 5.47. The molecule has 2 aromatic rings. The number of morpholine rings is 1. The number of anilines is 2. The molecule has 5 rings (SSSR count). The van der Waals surface area contributed by atoms with Gasteiger partial charge in [-0.05, 0) is 6.42 Å². The topological polar surface area (TPSA) is 90.7 Å². The van der Waals surface area contributed by atoms with Crippen molar-refractivity contribution in [2.45, 2.75) is 31.6 Å². The molecule has 0 radical (unpaired) electrons. The van der Waals surface area contributed by atoms with Crippen LogP contribution in [0.3, 0.4) is 0 Å². The van der Waals surface area contributed by atoms with E-state index in [9.17, 15) is 0 Å². The fraction of sp³-hybridized carbons (Fsp3) is 0.684. The van der Waals surface area contributed by atoms with E-state index >= 15 is 0 Å². The molecule has 0 aliphatic carbocycles. The van der Waals surface area contributed by atoms with Gasteiger partial charge in [-0.15, -0.1) is 0 Å². The standard InChI is InChI=1S/C19H27N7O3/c1-2-14-7-18(23-19(22-14)24-3-5-27-6-4-24)25-8-16-17(9-25)29-11-15(10-28-16)26-13-20-12-21-26/h7,12-13,15-17H,2-6,8-11H2,1H3/t16-,17-/m0/s1. The predicted octanol–water partition coefficient (Wildman–Crippen LogP) is 0.312. The van der Waals surface area contributed by atoms with E-state index in [0.717, 1.165) is 63.3 Å². The lowest BCUT2D eigenvalue weighted by Crippen LogP contribution is -2.38. The molecule has 3 aliphatic rings. The van der Waals surface area contributed by atoms with E-state index in [0.29, 0.717) is 13.2 Å². The summed E-state index contributed by atoms with van der Waals surface area (Å²) in [4.78, 5) is 18.1. The number of rotatable bonds is 4. The van der Waals surface area contributed by atoms with Crippen LogP contribution in [0.25, 0.3) is 0 Å². The third-order valence-corrected chi connectivity index (χ3v) is 5.77. The second-order valence-corrected chi connectivity index (χ2v) is 7.65. The van der Waals surface area contributed by atoms with Crippen molar-refractivity contribution in [1.82, 2.24) is 24.7 Å². The molecule has 10 nitrogen and oxygen atoms in total. The number of hydrogen-bond donors (Lipinski definition) is 0. The van der Waals surface area contributed by atoms with Gasteiger partial charge in [-0.3, -0.25) is 0 Å². The maximum atomic E-state index is 6.19. The Hall–Kier alpha value is -2.30. The summed E-state index contributed by atoms with van der Waals surface area (Å²) in [6.07, 6.45) is 4.18. The first-order valence-electron chi connectivity index (χ1n) is 10.3. The monoisotopic (exact) mass is 401 g/mol. The van der Waals surface area contributed by atoms with Gasteiger partial charge in [0.2, 0.25) is 5.95 Å². The molecule has 10 heteroatoms. The summed E-state index contributed by atoms with van der Waals surface area (Å²) in [6.45, 7) is 7.88. The predicted molar refractivity (Wildman–Crippen MR) is 105 cm³/mol. The molecule has 3 fully saturated rings. The van der Waals surface area contributed by atoms with Crippen LogP contribution in [0.5, 0.6) is 0 Å². The minimum Gasteiger partial charge on any atom is -0.378 e. The van der Waals surface area contributed by atoms with E-state index in [4.69, 9.17) is 24.2 Å². The van der Waals surface area contributed by atoms with Gasteiger partial charge < -0.3 is 24.0 Å². The molecule has 0 bridgehead atoms. The van der Waals surface area contributed by atoms with Crippen LogP contribution in [0.4, 0.5) is 11.8 Å². The Kier molecular flexibility index (Phi) is 5.30. The summed E-state index contributed by atoms with van der Waals surface area (Å²) in [6, 6.07) is 2.16. The van der Waals surface area contributed by atoms with E-state index in [2.05, 4.69) is 32.9 Å². The molecule has 0 aromatic carbocycles. The van der Waals surface area contributed by atoms with Crippen LogP contribution < -0.4 is 9.80 Å². The van der Waals surface area contributed by atoms with E-state index in [1.165, 1.54) is 0 Å². The highest BCUT2D eigenvalue weighted by Crippen LogP contribution is 2.28. The van der Waals surface area contributed by atoms with Crippen LogP contribution in [-0.2, 0) is 20.6 Å². The largest absolute Gasteiger partial charge is 0.378 e. The summed E-state index contributed by atoms with van der Waals surface area (Å²) in [5, 5.41) is 4.22. The number of ether oxygens (including phenoxy) is 3. The molecule has 2 atom stereocenters. The average molecular weight is 401 g/mol. The van der Waals surface area contributed by atoms with Crippen LogP contribution in [-0.4, -0.2) is 89.5 Å². The van der Waals surface area contributed by atoms with Crippen molar-refractivity contribution < 1.29 is 14.2 Å². The Morgan fingerprint density at radius 3 is 2.45 bits per heavy atom. The molecule has 3 aliphatic heterocycles. The molecule has 5 heterocycles. The Balaban J connectivity index is 1.30. The fourth-order valence-electron chi connectivity index (χ4n) is 4.04. The lowest BCUT2D eigenvalue weighted by atomic mass is 10.3. The van der Waals surface area contributed by atoms with Crippen LogP contribution in [0.1, 0.15) is 18.7 Å². The Labute approximate surface area is 169 Å². The second-order valence-electron chi connectivity index (χ2n) is 7.65. The Morgan fingerprint density at radius 1 is 1.03 bits per heavy atom. The zero-order chi connectivity index (χ0) is 19.6. The smallest absolute Gasteiger partial charge is 0.227 e. The highest BCUT2D eigenvalue weighted by Gasteiger charge is 2.38. The van der Waals surface area contributed by atoms with Gasteiger partial charge in [0.05, 0.1) is 26.4 Å². The van der Waals surface area contributed by atoms with Crippen LogP contribution in [0.2, 0.25) is 0 Å². The molecule has 0 saturated carbocycles. The molecule has 156 valence electrons. The van der Waals surface area contributed by atoms with Gasteiger partial charge in [0.25, 0.3) is 0 Å². The zero-order valence-corrected chi connectivity index (χ0v) is 16.7. The van der Waals surface area contributed by atoms with Crippen LogP contribution >= 0.6 is 0 Å². The number of aromatic nitrogens is 5. The van der Waals surface area contributed by atoms with Gasteiger partial charge >= 0.3 is 0 Å². The number of nitrogens with zero attached hydrogens (tertiary/aromatic N) is 7. The number of hydrogen-bond acceptors (Lipinski definition) is 9. The van der Waals surface area contributed by atoms with E-state index in [-0.39, 0.29) is 18.2 Å². The third kappa shape index (κ3) is 3.92. The summed E-state index contributed by atoms with van der Waals surface area (Å²) in [7, 11) is 0. The summed E-state index contributed by atoms with van der Waals surface area (Å²) in [5.74, 6) is 1.74. The van der Waals surface area contributed by atoms with Gasteiger partial charge in [0.1, 0.15) is 36.7 Å². The molecule has 2 aromatic heterocycles. The molecule has 0 amide bonds. The molecule has 0 N–H and O–H groups in total. The van der Waals surface area contributed by atoms with Crippen LogP contribution in [0.15, 0.2) is 18.7 Å². The van der Waals surface area contributed by atoms with Crippen molar-refractivity contribution in [3.63, 3.8) is 0 Å². The molecule has 0 unspecified atom stereocenters. The first-order chi connectivity index (χ1) is 14.3. The van der Waals surface area contributed by atoms with E-state index in [1.807, 2.05) is 4.68 Å². The summed E-state index contributed by atoms with van der Waals surface area (Å²) in [5.41, 5.74) is 1.05. The van der Waals surface area contributed by atoms with Gasteiger partial charge in [-0.25, -0.2) is 14.6 Å². The number of fused-ring (bicyclic) bond motifs is 1. The van der Waals surface area contributed by atoms with E-state index in [1.54, 1.807) is 12.7 Å². The van der Waals surface area contributed by atoms with Crippen molar-refractivity contribution in [2.75, 3.05) is 62.4 Å². The lowest BCUT2D eigenvalue weighted by molar-refractivity contribution is -0.00461. The van der Waals surface area contributed by atoms with Gasteiger partial charge in [0, 0.05) is 37.9 Å². The maximum Gasteiger partial charge on any atom is 0.227 e. The summed E-state index contributed by atoms with van der Waals surface area (Å²) < 4.78 is 19.7. The molecule has 3 saturated heterocycles. The molecular weight excluding hydrogens is 374 g/mol. The highest BCUT2D eigenvalue weighted by atomic mass is 16.6. The summed E-state index contributed by atoms with van der Waals surface area (Å²) >= 11 is 0. The SMILES string of the molecule is CCc1cc(N2C[C@@H]3OCC(n4cncn4)CO[C@H]3C2)nc(N2CCOCC2)n1. The van der Waals surface area contributed by atoms with Crippen molar-refractivity contribution in [3.05, 3.63) is 24.4 Å². The Bertz CT molecular complexity index is 796. The minimum atomic E-state index is 0.0235. The Morgan fingerprint density at radius 2 is 1.79 bits per heavy atom. The first-order valence-corrected chi connectivity index (χ1v) is 10.3. The fourth-order valence-corrected chi connectivity index (χ4v) is 4.04. The number of aryl methyl sites for hydroxylation is 1. The van der Waals surface area contributed by atoms with E-state index < -0.39 is 0 Å². The second kappa shape index (κ2) is 8.21. The molecule has 29 heavy (non-hydrogen) atoms. The first kappa shape index (κ1) is 18.7. The zero-order valence-electron chi connectivity index (χ0n) is 16.7. The van der Waals surface area contributed by atoms with Crippen molar-refractivity contribution in [3.8, 4) is 0 Å². The van der Waals surface area contributed by atoms with Crippen molar-refractivity contribution >= 4 is 11.8 Å². The third-order valence-electron chi connectivity index (χ3n) is 5.77. The van der Waals surface area contributed by atoms with Crippen molar-refractivity contribution in [1.29, 1.82) is 0 Å². The molecular formula is C19H27N7O3. The van der Waals surface area contributed by atoms with Crippen molar-refractivity contribution in [2.24, 2.45) is 0 Å². The quantitative estimate of drug-likeness (QED) is 0.718. The lowest BCUT2D eigenvalue weighted by Gasteiger charge is -2.28. The molecule has 0 spiro atoms. The van der Waals surface area contributed by atoms with Gasteiger partial charge in [-0.1, -0.05) is 6.92 Å². The van der Waals surface area contributed by atoms with Gasteiger partial charge in [0.15, 0.2) is 0 Å². The minimum absolute atomic E-state index is 0.0235. The maximum absolute atomic E-state index is 6.19. The average Bonchev–Trinajstić information content (AvgIpc) is 3.41.